The molecule has 0 radical (unpaired) electrons. The third kappa shape index (κ3) is 5.59. The molecule has 10 heteroatoms. The number of benzene rings is 2. The number of nitrogens with zero attached hydrogens (tertiary/aromatic N) is 2. The zero-order valence-electron chi connectivity index (χ0n) is 21.1. The lowest BCUT2D eigenvalue weighted by Gasteiger charge is -2.41. The first-order valence-electron chi connectivity index (χ1n) is 12.2. The van der Waals surface area contributed by atoms with E-state index in [2.05, 4.69) is 4.72 Å². The number of methoxy groups -OCH3 is 1. The van der Waals surface area contributed by atoms with Crippen molar-refractivity contribution in [1.29, 1.82) is 0 Å². The van der Waals surface area contributed by atoms with Crippen LogP contribution >= 0.6 is 0 Å². The zero-order valence-corrected chi connectivity index (χ0v) is 21.9. The molecule has 4 rings (SSSR count). The molecule has 2 aliphatic rings. The van der Waals surface area contributed by atoms with Crippen LogP contribution in [-0.4, -0.2) is 52.5 Å². The minimum Gasteiger partial charge on any atom is -0.495 e. The summed E-state index contributed by atoms with van der Waals surface area (Å²) in [5, 5.41) is 0. The Labute approximate surface area is 212 Å². The van der Waals surface area contributed by atoms with Crippen LogP contribution in [0.1, 0.15) is 46.0 Å². The highest BCUT2D eigenvalue weighted by Gasteiger charge is 2.35. The Morgan fingerprint density at radius 1 is 1.00 bits per heavy atom. The number of fused-ring (bicyclic) bond motifs is 1. The van der Waals surface area contributed by atoms with Crippen molar-refractivity contribution >= 4 is 39.1 Å². The molecule has 1 fully saturated rings. The zero-order chi connectivity index (χ0) is 26.0. The number of anilines is 3. The second kappa shape index (κ2) is 10.4. The second-order valence-electron chi connectivity index (χ2n) is 9.49. The Kier molecular flexibility index (Phi) is 7.44. The molecule has 1 atom stereocenters. The maximum absolute atomic E-state index is 13.3. The minimum atomic E-state index is -3.52. The molecule has 0 bridgehead atoms. The predicted octanol–water partition coefficient (Wildman–Crippen LogP) is 4.76. The molecule has 1 heterocycles. The molecule has 36 heavy (non-hydrogen) atoms. The summed E-state index contributed by atoms with van der Waals surface area (Å²) in [5.41, 5.74) is 2.99. The van der Waals surface area contributed by atoms with Crippen molar-refractivity contribution in [2.24, 2.45) is 0 Å². The Morgan fingerprint density at radius 2 is 1.67 bits per heavy atom. The number of ether oxygens (including phenoxy) is 2. The summed E-state index contributed by atoms with van der Waals surface area (Å²) in [6.07, 6.45) is 5.56. The Balaban J connectivity index is 1.74. The van der Waals surface area contributed by atoms with Crippen LogP contribution in [0.3, 0.4) is 0 Å². The molecular formula is C26H33N3O6S. The van der Waals surface area contributed by atoms with Crippen molar-refractivity contribution in [1.82, 2.24) is 0 Å². The number of rotatable bonds is 5. The van der Waals surface area contributed by atoms with E-state index >= 15 is 0 Å². The van der Waals surface area contributed by atoms with Crippen LogP contribution in [0.15, 0.2) is 36.4 Å². The molecule has 1 N–H and O–H groups in total. The molecule has 1 aliphatic heterocycles. The molecule has 1 saturated carbocycles. The SMILES string of the molecule is COc1ccc(-c2ccc3c(c2)N(C(=O)OC2CCCCC2)CC(C)N3C(C)=O)cc1NS(C)(=O)=O. The molecule has 1 unspecified atom stereocenters. The average Bonchev–Trinajstić information content (AvgIpc) is 2.82. The van der Waals surface area contributed by atoms with Gasteiger partial charge < -0.3 is 14.4 Å². The van der Waals surface area contributed by atoms with Crippen molar-refractivity contribution < 1.29 is 27.5 Å². The van der Waals surface area contributed by atoms with E-state index in [0.717, 1.165) is 49.5 Å². The number of nitrogens with one attached hydrogen (secondary N) is 1. The van der Waals surface area contributed by atoms with E-state index in [-0.39, 0.29) is 18.1 Å². The van der Waals surface area contributed by atoms with Crippen LogP contribution in [0.2, 0.25) is 0 Å². The van der Waals surface area contributed by atoms with E-state index in [0.29, 0.717) is 29.4 Å². The van der Waals surface area contributed by atoms with E-state index in [1.54, 1.807) is 21.9 Å². The van der Waals surface area contributed by atoms with Gasteiger partial charge in [0.15, 0.2) is 0 Å². The molecule has 0 spiro atoms. The summed E-state index contributed by atoms with van der Waals surface area (Å²) in [6.45, 7) is 3.73. The van der Waals surface area contributed by atoms with Gasteiger partial charge in [0.2, 0.25) is 15.9 Å². The Morgan fingerprint density at radius 3 is 2.31 bits per heavy atom. The summed E-state index contributed by atoms with van der Waals surface area (Å²) in [5.74, 6) is 0.275. The molecule has 0 saturated heterocycles. The van der Waals surface area contributed by atoms with Crippen LogP contribution in [0.4, 0.5) is 21.9 Å². The lowest BCUT2D eigenvalue weighted by Crippen LogP contribution is -2.52. The van der Waals surface area contributed by atoms with Gasteiger partial charge in [-0.25, -0.2) is 13.2 Å². The lowest BCUT2D eigenvalue weighted by molar-refractivity contribution is -0.117. The van der Waals surface area contributed by atoms with Crippen LogP contribution in [-0.2, 0) is 19.6 Å². The van der Waals surface area contributed by atoms with Crippen LogP contribution in [0.5, 0.6) is 5.75 Å². The predicted molar refractivity (Wildman–Crippen MR) is 140 cm³/mol. The molecule has 2 aromatic carbocycles. The van der Waals surface area contributed by atoms with Gasteiger partial charge in [0.05, 0.1) is 36.5 Å². The van der Waals surface area contributed by atoms with Crippen molar-refractivity contribution in [3.63, 3.8) is 0 Å². The first-order chi connectivity index (χ1) is 17.1. The van der Waals surface area contributed by atoms with E-state index in [4.69, 9.17) is 9.47 Å². The number of hydrogen-bond acceptors (Lipinski definition) is 6. The largest absolute Gasteiger partial charge is 0.495 e. The summed E-state index contributed by atoms with van der Waals surface area (Å²) >= 11 is 0. The van der Waals surface area contributed by atoms with Crippen LogP contribution in [0.25, 0.3) is 11.1 Å². The number of amides is 2. The molecule has 0 aromatic heterocycles. The van der Waals surface area contributed by atoms with Crippen molar-refractivity contribution in [3.8, 4) is 16.9 Å². The van der Waals surface area contributed by atoms with Gasteiger partial charge in [-0.3, -0.25) is 14.4 Å². The van der Waals surface area contributed by atoms with Gasteiger partial charge in [-0.2, -0.15) is 0 Å². The fourth-order valence-electron chi connectivity index (χ4n) is 5.01. The average molecular weight is 516 g/mol. The molecule has 1 aliphatic carbocycles. The first-order valence-corrected chi connectivity index (χ1v) is 14.0. The topological polar surface area (TPSA) is 105 Å². The van der Waals surface area contributed by atoms with Gasteiger partial charge in [-0.05, 0) is 68.0 Å². The quantitative estimate of drug-likeness (QED) is 0.615. The highest BCUT2D eigenvalue weighted by atomic mass is 32.2. The third-order valence-corrected chi connectivity index (χ3v) is 7.21. The van der Waals surface area contributed by atoms with Crippen molar-refractivity contribution in [3.05, 3.63) is 36.4 Å². The van der Waals surface area contributed by atoms with Crippen LogP contribution < -0.4 is 19.3 Å². The van der Waals surface area contributed by atoms with Gasteiger partial charge >= 0.3 is 6.09 Å². The molecular weight excluding hydrogens is 482 g/mol. The molecule has 194 valence electrons. The van der Waals surface area contributed by atoms with Crippen molar-refractivity contribution in [2.45, 2.75) is 58.1 Å². The Hall–Kier alpha value is -3.27. The molecule has 2 amide bonds. The van der Waals surface area contributed by atoms with Gasteiger partial charge in [0.1, 0.15) is 11.9 Å². The third-order valence-electron chi connectivity index (χ3n) is 6.62. The van der Waals surface area contributed by atoms with Gasteiger partial charge in [-0.1, -0.05) is 18.6 Å². The van der Waals surface area contributed by atoms with Gasteiger partial charge in [0.25, 0.3) is 0 Å². The monoisotopic (exact) mass is 515 g/mol. The fraction of sp³-hybridized carbons (Fsp3) is 0.462. The second-order valence-corrected chi connectivity index (χ2v) is 11.2. The van der Waals surface area contributed by atoms with E-state index in [1.807, 2.05) is 31.2 Å². The summed E-state index contributed by atoms with van der Waals surface area (Å²) in [6, 6.07) is 10.5. The van der Waals surface area contributed by atoms with Gasteiger partial charge in [-0.15, -0.1) is 0 Å². The fourth-order valence-corrected chi connectivity index (χ4v) is 5.57. The maximum Gasteiger partial charge on any atom is 0.414 e. The molecule has 2 aromatic rings. The normalized spacial score (nSPS) is 18.4. The number of hydrogen-bond donors (Lipinski definition) is 1. The van der Waals surface area contributed by atoms with Gasteiger partial charge in [0, 0.05) is 13.5 Å². The summed E-state index contributed by atoms with van der Waals surface area (Å²) in [7, 11) is -2.06. The summed E-state index contributed by atoms with van der Waals surface area (Å²) in [4.78, 5) is 29.1. The highest BCUT2D eigenvalue weighted by molar-refractivity contribution is 7.92. The van der Waals surface area contributed by atoms with E-state index in [9.17, 15) is 18.0 Å². The standard InChI is InChI=1S/C26H33N3O6S/c1-17-16-28(26(31)35-21-8-6-5-7-9-21)24-15-20(10-12-23(24)29(17)18(2)30)19-11-13-25(34-3)22(14-19)27-36(4,32)33/h10-15,17,21,27H,5-9,16H2,1-4H3. The van der Waals surface area contributed by atoms with E-state index in [1.165, 1.54) is 14.0 Å². The smallest absolute Gasteiger partial charge is 0.414 e. The lowest BCUT2D eigenvalue weighted by atomic mass is 9.98. The number of sulfonamides is 1. The number of carbonyl (C=O) groups is 2. The summed E-state index contributed by atoms with van der Waals surface area (Å²) < 4.78 is 37.4. The van der Waals surface area contributed by atoms with Crippen molar-refractivity contribution in [2.75, 3.05) is 34.4 Å². The van der Waals surface area contributed by atoms with E-state index < -0.39 is 16.1 Å². The minimum absolute atomic E-state index is 0.0924. The highest BCUT2D eigenvalue weighted by Crippen LogP contribution is 2.40. The maximum atomic E-state index is 13.3. The Bertz CT molecular complexity index is 1260. The molecule has 9 nitrogen and oxygen atoms in total. The number of carbonyl (C=O) groups excluding carboxylic acids is 2. The van der Waals surface area contributed by atoms with Crippen LogP contribution in [0, 0.1) is 0 Å². The first kappa shape index (κ1) is 25.8.